The highest BCUT2D eigenvalue weighted by atomic mass is 19.4. The van der Waals surface area contributed by atoms with Crippen LogP contribution in [0.5, 0.6) is 0 Å². The van der Waals surface area contributed by atoms with Gasteiger partial charge in [0.25, 0.3) is 0 Å². The van der Waals surface area contributed by atoms with Crippen molar-refractivity contribution in [2.24, 2.45) is 0 Å². The number of aromatic nitrogens is 2. The minimum atomic E-state index is -4.38. The van der Waals surface area contributed by atoms with Crippen LogP contribution in [0.15, 0.2) is 48.5 Å². The number of carboxylic acids is 1. The largest absolute Gasteiger partial charge is 0.478 e. The molecule has 0 amide bonds. The molecule has 4 nitrogen and oxygen atoms in total. The molecule has 128 valence electrons. The van der Waals surface area contributed by atoms with Crippen molar-refractivity contribution in [3.63, 3.8) is 0 Å². The average molecular weight is 346 g/mol. The summed E-state index contributed by atoms with van der Waals surface area (Å²) in [7, 11) is 0. The highest BCUT2D eigenvalue weighted by Gasteiger charge is 2.30. The van der Waals surface area contributed by atoms with Crippen LogP contribution in [0.1, 0.15) is 21.5 Å². The van der Waals surface area contributed by atoms with Gasteiger partial charge in [0, 0.05) is 11.1 Å². The van der Waals surface area contributed by atoms with Gasteiger partial charge in [-0.05, 0) is 36.8 Å². The molecular formula is C18H13F3N2O2. The number of rotatable bonds is 3. The number of hydrogen-bond donors (Lipinski definition) is 2. The van der Waals surface area contributed by atoms with Crippen LogP contribution in [0.2, 0.25) is 0 Å². The van der Waals surface area contributed by atoms with Crippen LogP contribution in [0.3, 0.4) is 0 Å². The molecule has 0 spiro atoms. The Morgan fingerprint density at radius 3 is 2.08 bits per heavy atom. The number of alkyl halides is 3. The van der Waals surface area contributed by atoms with E-state index >= 15 is 0 Å². The SMILES string of the molecule is Cc1c(-c2ccc(C(=O)O)cc2)n[nH]c1-c1ccc(C(F)(F)F)cc1. The van der Waals surface area contributed by atoms with Crippen molar-refractivity contribution in [3.05, 3.63) is 65.2 Å². The van der Waals surface area contributed by atoms with Gasteiger partial charge in [0.2, 0.25) is 0 Å². The van der Waals surface area contributed by atoms with Crippen LogP contribution in [-0.4, -0.2) is 21.3 Å². The minimum Gasteiger partial charge on any atom is -0.478 e. The maximum Gasteiger partial charge on any atom is 0.416 e. The molecule has 25 heavy (non-hydrogen) atoms. The van der Waals surface area contributed by atoms with Gasteiger partial charge in [-0.25, -0.2) is 4.79 Å². The van der Waals surface area contributed by atoms with Crippen molar-refractivity contribution in [2.75, 3.05) is 0 Å². The summed E-state index contributed by atoms with van der Waals surface area (Å²) in [5.74, 6) is -1.02. The molecule has 0 unspecified atom stereocenters. The highest BCUT2D eigenvalue weighted by Crippen LogP contribution is 2.33. The van der Waals surface area contributed by atoms with Crippen molar-refractivity contribution in [1.82, 2.24) is 10.2 Å². The maximum atomic E-state index is 12.7. The van der Waals surface area contributed by atoms with Crippen LogP contribution in [0.25, 0.3) is 22.5 Å². The molecule has 0 aliphatic rings. The van der Waals surface area contributed by atoms with E-state index in [-0.39, 0.29) is 5.56 Å². The van der Waals surface area contributed by atoms with Crippen molar-refractivity contribution in [2.45, 2.75) is 13.1 Å². The first-order valence-electron chi connectivity index (χ1n) is 7.33. The van der Waals surface area contributed by atoms with E-state index in [9.17, 15) is 18.0 Å². The lowest BCUT2D eigenvalue weighted by molar-refractivity contribution is -0.137. The van der Waals surface area contributed by atoms with E-state index in [0.29, 0.717) is 17.0 Å². The monoisotopic (exact) mass is 346 g/mol. The van der Waals surface area contributed by atoms with E-state index in [1.165, 1.54) is 24.3 Å². The molecule has 0 fully saturated rings. The molecule has 2 aromatic carbocycles. The quantitative estimate of drug-likeness (QED) is 0.718. The molecule has 0 bridgehead atoms. The second-order valence-electron chi connectivity index (χ2n) is 5.53. The summed E-state index contributed by atoms with van der Waals surface area (Å²) >= 11 is 0. The first-order chi connectivity index (χ1) is 11.8. The average Bonchev–Trinajstić information content (AvgIpc) is 2.96. The topological polar surface area (TPSA) is 66.0 Å². The zero-order chi connectivity index (χ0) is 18.2. The fourth-order valence-electron chi connectivity index (χ4n) is 2.56. The Morgan fingerprint density at radius 1 is 1.00 bits per heavy atom. The Hall–Kier alpha value is -3.09. The Bertz CT molecular complexity index is 911. The van der Waals surface area contributed by atoms with E-state index in [1.54, 1.807) is 19.1 Å². The Balaban J connectivity index is 1.94. The lowest BCUT2D eigenvalue weighted by Crippen LogP contribution is -2.04. The highest BCUT2D eigenvalue weighted by molar-refractivity contribution is 5.88. The number of hydrogen-bond acceptors (Lipinski definition) is 2. The molecule has 0 aliphatic carbocycles. The lowest BCUT2D eigenvalue weighted by Gasteiger charge is -2.07. The first-order valence-corrected chi connectivity index (χ1v) is 7.33. The number of carboxylic acid groups (broad SMARTS) is 1. The Kier molecular flexibility index (Phi) is 4.08. The molecular weight excluding hydrogens is 333 g/mol. The van der Waals surface area contributed by atoms with Crippen LogP contribution in [-0.2, 0) is 6.18 Å². The van der Waals surface area contributed by atoms with E-state index in [1.807, 2.05) is 0 Å². The number of carbonyl (C=O) groups is 1. The summed E-state index contributed by atoms with van der Waals surface area (Å²) in [6.07, 6.45) is -4.38. The molecule has 2 N–H and O–H groups in total. The van der Waals surface area contributed by atoms with Gasteiger partial charge in [-0.2, -0.15) is 18.3 Å². The van der Waals surface area contributed by atoms with Crippen LogP contribution in [0.4, 0.5) is 13.2 Å². The molecule has 0 atom stereocenters. The fourth-order valence-corrected chi connectivity index (χ4v) is 2.56. The van der Waals surface area contributed by atoms with E-state index in [4.69, 9.17) is 5.11 Å². The summed E-state index contributed by atoms with van der Waals surface area (Å²) in [6, 6.07) is 11.1. The number of halogens is 3. The van der Waals surface area contributed by atoms with Gasteiger partial charge in [0.05, 0.1) is 22.5 Å². The lowest BCUT2D eigenvalue weighted by atomic mass is 10.0. The number of aromatic amines is 1. The predicted molar refractivity (Wildman–Crippen MR) is 86.2 cm³/mol. The van der Waals surface area contributed by atoms with Gasteiger partial charge < -0.3 is 5.11 Å². The molecule has 3 rings (SSSR count). The van der Waals surface area contributed by atoms with Gasteiger partial charge in [-0.1, -0.05) is 24.3 Å². The molecule has 7 heteroatoms. The summed E-state index contributed by atoms with van der Waals surface area (Å²) in [6.45, 7) is 1.80. The number of aromatic carboxylic acids is 1. The third kappa shape index (κ3) is 3.26. The third-order valence-corrected chi connectivity index (χ3v) is 3.92. The summed E-state index contributed by atoms with van der Waals surface area (Å²) in [4.78, 5) is 10.9. The van der Waals surface area contributed by atoms with Gasteiger partial charge in [0.1, 0.15) is 0 Å². The third-order valence-electron chi connectivity index (χ3n) is 3.92. The van der Waals surface area contributed by atoms with Gasteiger partial charge in [-0.3, -0.25) is 5.10 Å². The maximum absolute atomic E-state index is 12.7. The van der Waals surface area contributed by atoms with Crippen LogP contribution >= 0.6 is 0 Å². The fraction of sp³-hybridized carbons (Fsp3) is 0.111. The van der Waals surface area contributed by atoms with Gasteiger partial charge in [0.15, 0.2) is 0 Å². The summed E-state index contributed by atoms with van der Waals surface area (Å²) in [5.41, 5.74) is 2.77. The van der Waals surface area contributed by atoms with E-state index in [2.05, 4.69) is 10.2 Å². The second-order valence-corrected chi connectivity index (χ2v) is 5.53. The molecule has 0 radical (unpaired) electrons. The second kappa shape index (κ2) is 6.08. The van der Waals surface area contributed by atoms with Crippen molar-refractivity contribution in [1.29, 1.82) is 0 Å². The molecule has 0 saturated carbocycles. The normalized spacial score (nSPS) is 11.5. The molecule has 3 aromatic rings. The number of nitrogens with one attached hydrogen (secondary N) is 1. The standard InChI is InChI=1S/C18H13F3N2O2/c1-10-15(11-2-4-13(5-3-11)17(24)25)22-23-16(10)12-6-8-14(9-7-12)18(19,20)21/h2-9H,1H3,(H,22,23)(H,24,25). The zero-order valence-corrected chi connectivity index (χ0v) is 13.1. The number of nitrogens with zero attached hydrogens (tertiary/aromatic N) is 1. The number of benzene rings is 2. The van der Waals surface area contributed by atoms with Crippen molar-refractivity contribution >= 4 is 5.97 Å². The molecule has 1 aromatic heterocycles. The molecule has 0 aliphatic heterocycles. The summed E-state index contributed by atoms with van der Waals surface area (Å²) < 4.78 is 38.0. The van der Waals surface area contributed by atoms with E-state index in [0.717, 1.165) is 23.3 Å². The number of H-pyrrole nitrogens is 1. The minimum absolute atomic E-state index is 0.167. The van der Waals surface area contributed by atoms with E-state index < -0.39 is 17.7 Å². The smallest absolute Gasteiger partial charge is 0.416 e. The van der Waals surface area contributed by atoms with Gasteiger partial charge in [-0.15, -0.1) is 0 Å². The van der Waals surface area contributed by atoms with Crippen LogP contribution < -0.4 is 0 Å². The molecule has 0 saturated heterocycles. The first kappa shape index (κ1) is 16.8. The Labute approximate surface area is 140 Å². The zero-order valence-electron chi connectivity index (χ0n) is 13.1. The Morgan fingerprint density at radius 2 is 1.56 bits per heavy atom. The van der Waals surface area contributed by atoms with Crippen LogP contribution in [0, 0.1) is 6.92 Å². The summed E-state index contributed by atoms with van der Waals surface area (Å²) in [5, 5.41) is 16.0. The van der Waals surface area contributed by atoms with Crippen molar-refractivity contribution in [3.8, 4) is 22.5 Å². The van der Waals surface area contributed by atoms with Crippen molar-refractivity contribution < 1.29 is 23.1 Å². The molecule has 1 heterocycles. The van der Waals surface area contributed by atoms with Gasteiger partial charge >= 0.3 is 12.1 Å². The predicted octanol–water partition coefficient (Wildman–Crippen LogP) is 4.77.